The summed E-state index contributed by atoms with van der Waals surface area (Å²) in [6.45, 7) is 1.67. The van der Waals surface area contributed by atoms with Crippen LogP contribution in [-0.2, 0) is 4.79 Å². The third-order valence-corrected chi connectivity index (χ3v) is 5.13. The number of hydrogen-bond acceptors (Lipinski definition) is 5. The van der Waals surface area contributed by atoms with E-state index in [1.54, 1.807) is 31.2 Å². The Kier molecular flexibility index (Phi) is 5.23. The van der Waals surface area contributed by atoms with Crippen LogP contribution < -0.4 is 10.1 Å². The molecule has 0 aliphatic carbocycles. The molecule has 5 nitrogen and oxygen atoms in total. The van der Waals surface area contributed by atoms with Gasteiger partial charge in [0.2, 0.25) is 0 Å². The van der Waals surface area contributed by atoms with Gasteiger partial charge in [-0.05, 0) is 29.8 Å². The van der Waals surface area contributed by atoms with Crippen molar-refractivity contribution in [3.05, 3.63) is 71.8 Å². The Morgan fingerprint density at radius 1 is 1.04 bits per heavy atom. The van der Waals surface area contributed by atoms with Crippen LogP contribution in [0.1, 0.15) is 6.92 Å². The predicted molar refractivity (Wildman–Crippen MR) is 113 cm³/mol. The van der Waals surface area contributed by atoms with Gasteiger partial charge in [-0.3, -0.25) is 4.79 Å². The number of carbonyl (C=O) groups excluding carboxylic acids is 1. The van der Waals surface area contributed by atoms with E-state index < -0.39 is 6.10 Å². The van der Waals surface area contributed by atoms with Crippen LogP contribution in [0.3, 0.4) is 0 Å². The van der Waals surface area contributed by atoms with E-state index in [4.69, 9.17) is 16.3 Å². The highest BCUT2D eigenvalue weighted by Crippen LogP contribution is 2.34. The smallest absolute Gasteiger partial charge is 0.265 e. The number of halogens is 1. The number of fused-ring (bicyclic) bond motifs is 1. The van der Waals surface area contributed by atoms with Gasteiger partial charge in [-0.2, -0.15) is 4.37 Å². The SMILES string of the molecule is CC(Oc1nsnc1-c1cccc2ccccc12)C(=O)Nc1ccccc1Cl. The summed E-state index contributed by atoms with van der Waals surface area (Å²) in [5, 5.41) is 5.39. The lowest BCUT2D eigenvalue weighted by atomic mass is 10.0. The van der Waals surface area contributed by atoms with E-state index in [9.17, 15) is 4.79 Å². The van der Waals surface area contributed by atoms with Crippen LogP contribution in [0.4, 0.5) is 5.69 Å². The number of aromatic nitrogens is 2. The molecule has 1 unspecified atom stereocenters. The maximum atomic E-state index is 12.5. The first-order valence-corrected chi connectivity index (χ1v) is 9.77. The molecule has 0 bridgehead atoms. The second-order valence-corrected chi connectivity index (χ2v) is 7.11. The Hall–Kier alpha value is -2.96. The zero-order chi connectivity index (χ0) is 19.5. The standard InChI is InChI=1S/C21H16ClN3O2S/c1-13(20(26)23-18-12-5-4-11-17(18)22)27-21-19(24-28-25-21)16-10-6-8-14-7-2-3-9-15(14)16/h2-13H,1H3,(H,23,26). The number of amides is 1. The lowest BCUT2D eigenvalue weighted by Crippen LogP contribution is -2.30. The molecule has 1 N–H and O–H groups in total. The van der Waals surface area contributed by atoms with Crippen LogP contribution in [0.5, 0.6) is 5.88 Å². The minimum Gasteiger partial charge on any atom is -0.462 e. The van der Waals surface area contributed by atoms with Crippen molar-refractivity contribution in [1.29, 1.82) is 0 Å². The average molecular weight is 410 g/mol. The molecule has 1 amide bonds. The average Bonchev–Trinajstić information content (AvgIpc) is 3.17. The molecule has 0 aliphatic rings. The van der Waals surface area contributed by atoms with Gasteiger partial charge in [0, 0.05) is 5.56 Å². The number of nitrogens with zero attached hydrogens (tertiary/aromatic N) is 2. The highest BCUT2D eigenvalue weighted by atomic mass is 35.5. The Bertz CT molecular complexity index is 1140. The molecule has 1 aromatic heterocycles. The van der Waals surface area contributed by atoms with Gasteiger partial charge in [0.05, 0.1) is 22.4 Å². The number of ether oxygens (including phenoxy) is 1. The van der Waals surface area contributed by atoms with E-state index >= 15 is 0 Å². The number of anilines is 1. The fourth-order valence-corrected chi connectivity index (χ4v) is 3.56. The molecule has 4 rings (SSSR count). The summed E-state index contributed by atoms with van der Waals surface area (Å²) in [7, 11) is 0. The lowest BCUT2D eigenvalue weighted by Gasteiger charge is -2.14. The molecule has 0 radical (unpaired) electrons. The van der Waals surface area contributed by atoms with Crippen LogP contribution >= 0.6 is 23.3 Å². The topological polar surface area (TPSA) is 64.1 Å². The van der Waals surface area contributed by atoms with E-state index in [1.807, 2.05) is 42.5 Å². The maximum absolute atomic E-state index is 12.5. The Labute approximate surface area is 171 Å². The van der Waals surface area contributed by atoms with Gasteiger partial charge >= 0.3 is 0 Å². The minimum absolute atomic E-state index is 0.315. The molecule has 0 spiro atoms. The second-order valence-electron chi connectivity index (χ2n) is 6.17. The van der Waals surface area contributed by atoms with Crippen LogP contribution in [0, 0.1) is 0 Å². The molecule has 4 aromatic rings. The molecule has 0 fully saturated rings. The summed E-state index contributed by atoms with van der Waals surface area (Å²) >= 11 is 7.15. The van der Waals surface area contributed by atoms with Gasteiger partial charge in [0.25, 0.3) is 11.8 Å². The van der Waals surface area contributed by atoms with Crippen molar-refractivity contribution in [2.24, 2.45) is 0 Å². The first kappa shape index (κ1) is 18.4. The maximum Gasteiger partial charge on any atom is 0.265 e. The van der Waals surface area contributed by atoms with Crippen molar-refractivity contribution < 1.29 is 9.53 Å². The van der Waals surface area contributed by atoms with Crippen molar-refractivity contribution in [3.8, 4) is 17.1 Å². The molecule has 3 aromatic carbocycles. The number of rotatable bonds is 5. The van der Waals surface area contributed by atoms with Crippen LogP contribution in [0.15, 0.2) is 66.7 Å². The minimum atomic E-state index is -0.770. The van der Waals surface area contributed by atoms with Crippen molar-refractivity contribution in [2.75, 3.05) is 5.32 Å². The van der Waals surface area contributed by atoms with Gasteiger partial charge in [0.1, 0.15) is 5.69 Å². The third kappa shape index (κ3) is 3.69. The summed E-state index contributed by atoms with van der Waals surface area (Å²) in [6, 6.07) is 21.1. The lowest BCUT2D eigenvalue weighted by molar-refractivity contribution is -0.122. The number of para-hydroxylation sites is 1. The van der Waals surface area contributed by atoms with Crippen LogP contribution in [0.25, 0.3) is 22.0 Å². The largest absolute Gasteiger partial charge is 0.462 e. The molecule has 0 aliphatic heterocycles. The highest BCUT2D eigenvalue weighted by Gasteiger charge is 2.21. The monoisotopic (exact) mass is 409 g/mol. The van der Waals surface area contributed by atoms with Crippen molar-refractivity contribution in [3.63, 3.8) is 0 Å². The van der Waals surface area contributed by atoms with Crippen molar-refractivity contribution in [1.82, 2.24) is 8.75 Å². The van der Waals surface area contributed by atoms with E-state index in [2.05, 4.69) is 14.1 Å². The molecule has 0 saturated heterocycles. The quantitative estimate of drug-likeness (QED) is 0.478. The second kappa shape index (κ2) is 7.96. The predicted octanol–water partition coefficient (Wildman–Crippen LogP) is 5.42. The Morgan fingerprint density at radius 2 is 1.79 bits per heavy atom. The Balaban J connectivity index is 1.58. The Morgan fingerprint density at radius 3 is 2.64 bits per heavy atom. The van der Waals surface area contributed by atoms with Gasteiger partial charge in [-0.1, -0.05) is 66.2 Å². The van der Waals surface area contributed by atoms with E-state index in [1.165, 1.54) is 0 Å². The molecule has 28 heavy (non-hydrogen) atoms. The van der Waals surface area contributed by atoms with E-state index in [-0.39, 0.29) is 5.91 Å². The normalized spacial score (nSPS) is 11.9. The first-order valence-electron chi connectivity index (χ1n) is 8.66. The zero-order valence-electron chi connectivity index (χ0n) is 14.9. The summed E-state index contributed by atoms with van der Waals surface area (Å²) in [5.41, 5.74) is 2.08. The van der Waals surface area contributed by atoms with Gasteiger partial charge in [0.15, 0.2) is 6.10 Å². The highest BCUT2D eigenvalue weighted by molar-refractivity contribution is 6.99. The van der Waals surface area contributed by atoms with E-state index in [0.29, 0.717) is 22.3 Å². The fourth-order valence-electron chi connectivity index (χ4n) is 2.87. The number of carbonyl (C=O) groups is 1. The summed E-state index contributed by atoms with van der Waals surface area (Å²) in [4.78, 5) is 12.5. The molecule has 1 heterocycles. The summed E-state index contributed by atoms with van der Waals surface area (Å²) < 4.78 is 14.5. The van der Waals surface area contributed by atoms with Gasteiger partial charge in [-0.15, -0.1) is 4.37 Å². The molecule has 1 atom stereocenters. The summed E-state index contributed by atoms with van der Waals surface area (Å²) in [6.07, 6.45) is -0.770. The van der Waals surface area contributed by atoms with Crippen molar-refractivity contribution in [2.45, 2.75) is 13.0 Å². The van der Waals surface area contributed by atoms with E-state index in [0.717, 1.165) is 28.1 Å². The third-order valence-electron chi connectivity index (χ3n) is 4.29. The number of hydrogen-bond donors (Lipinski definition) is 1. The summed E-state index contributed by atoms with van der Waals surface area (Å²) in [5.74, 6) is 0.0214. The molecule has 0 saturated carbocycles. The first-order chi connectivity index (χ1) is 13.6. The fraction of sp³-hybridized carbons (Fsp3) is 0.0952. The number of nitrogens with one attached hydrogen (secondary N) is 1. The van der Waals surface area contributed by atoms with Crippen LogP contribution in [0.2, 0.25) is 5.02 Å². The zero-order valence-corrected chi connectivity index (χ0v) is 16.5. The van der Waals surface area contributed by atoms with Crippen LogP contribution in [-0.4, -0.2) is 20.8 Å². The van der Waals surface area contributed by atoms with Crippen molar-refractivity contribution >= 4 is 45.7 Å². The van der Waals surface area contributed by atoms with Gasteiger partial charge in [-0.25, -0.2) is 0 Å². The number of benzene rings is 3. The van der Waals surface area contributed by atoms with Gasteiger partial charge < -0.3 is 10.1 Å². The molecular formula is C21H16ClN3O2S. The molecular weight excluding hydrogens is 394 g/mol. The molecule has 140 valence electrons. The molecule has 7 heteroatoms.